The number of carboxylic acid groups (broad SMARTS) is 1. The quantitative estimate of drug-likeness (QED) is 0.504. The van der Waals surface area contributed by atoms with E-state index in [9.17, 15) is 19.5 Å². The van der Waals surface area contributed by atoms with Crippen LogP contribution in [0.3, 0.4) is 0 Å². The van der Waals surface area contributed by atoms with E-state index < -0.39 is 35.3 Å². The number of aliphatic carboxylic acids is 1. The molecule has 1 aromatic carbocycles. The number of hydrogen-bond acceptors (Lipinski definition) is 6. The molecule has 31 heavy (non-hydrogen) atoms. The Morgan fingerprint density at radius 3 is 2.32 bits per heavy atom. The smallest absolute Gasteiger partial charge is 0.322 e. The average molecular weight is 422 g/mol. The van der Waals surface area contributed by atoms with Gasteiger partial charge in [0.1, 0.15) is 17.8 Å². The zero-order chi connectivity index (χ0) is 22.4. The van der Waals surface area contributed by atoms with Crippen LogP contribution < -0.4 is 10.9 Å². The molecule has 0 bridgehead atoms. The lowest BCUT2D eigenvalue weighted by Crippen LogP contribution is -2.37. The van der Waals surface area contributed by atoms with Gasteiger partial charge in [0.2, 0.25) is 0 Å². The molecule has 2 heterocycles. The molecule has 1 amide bonds. The first kappa shape index (κ1) is 21.7. The van der Waals surface area contributed by atoms with Crippen LogP contribution in [-0.4, -0.2) is 43.4 Å². The summed E-state index contributed by atoms with van der Waals surface area (Å²) in [4.78, 5) is 40.0. The predicted molar refractivity (Wildman–Crippen MR) is 113 cm³/mol. The molecular formula is C22H22N4O5. The monoisotopic (exact) mass is 422 g/mol. The lowest BCUT2D eigenvalue weighted by molar-refractivity contribution is -0.135. The Morgan fingerprint density at radius 1 is 1.06 bits per heavy atom. The fourth-order valence-electron chi connectivity index (χ4n) is 3.09. The first-order valence-corrected chi connectivity index (χ1v) is 9.73. The molecule has 2 aromatic heterocycles. The van der Waals surface area contributed by atoms with E-state index >= 15 is 0 Å². The summed E-state index contributed by atoms with van der Waals surface area (Å²) in [7, 11) is 0. The SMILES string of the molecule is CCCc1nn(Cc2ccc(-c3ccncc3)cc2)c(=O)c(C(=O)NCC(=O)O)c1O. The molecule has 0 aliphatic carbocycles. The lowest BCUT2D eigenvalue weighted by atomic mass is 10.1. The van der Waals surface area contributed by atoms with Crippen molar-refractivity contribution in [3.63, 3.8) is 0 Å². The van der Waals surface area contributed by atoms with E-state index in [0.29, 0.717) is 12.8 Å². The van der Waals surface area contributed by atoms with Crippen LogP contribution in [0.15, 0.2) is 53.6 Å². The molecule has 9 heteroatoms. The molecule has 0 fully saturated rings. The molecule has 0 unspecified atom stereocenters. The second-order valence-corrected chi connectivity index (χ2v) is 6.89. The minimum Gasteiger partial charge on any atom is -0.505 e. The van der Waals surface area contributed by atoms with Crippen LogP contribution in [0.5, 0.6) is 5.75 Å². The fraction of sp³-hybridized carbons (Fsp3) is 0.227. The Bertz CT molecular complexity index is 1140. The second-order valence-electron chi connectivity index (χ2n) is 6.89. The molecule has 0 atom stereocenters. The number of aromatic hydroxyl groups is 1. The Kier molecular flexibility index (Phi) is 6.76. The van der Waals surface area contributed by atoms with Crippen molar-refractivity contribution in [2.24, 2.45) is 0 Å². The van der Waals surface area contributed by atoms with Gasteiger partial charge < -0.3 is 15.5 Å². The highest BCUT2D eigenvalue weighted by Gasteiger charge is 2.23. The number of carbonyl (C=O) groups excluding carboxylic acids is 1. The van der Waals surface area contributed by atoms with Gasteiger partial charge in [0.25, 0.3) is 11.5 Å². The fourth-order valence-corrected chi connectivity index (χ4v) is 3.09. The first-order chi connectivity index (χ1) is 14.9. The number of carbonyl (C=O) groups is 2. The van der Waals surface area contributed by atoms with Gasteiger partial charge in [0, 0.05) is 12.4 Å². The normalized spacial score (nSPS) is 10.6. The Morgan fingerprint density at radius 2 is 1.71 bits per heavy atom. The molecule has 3 N–H and O–H groups in total. The van der Waals surface area contributed by atoms with Gasteiger partial charge in [0.05, 0.1) is 6.54 Å². The number of benzene rings is 1. The maximum Gasteiger partial charge on any atom is 0.322 e. The third-order valence-corrected chi connectivity index (χ3v) is 4.61. The third-order valence-electron chi connectivity index (χ3n) is 4.61. The van der Waals surface area contributed by atoms with Crippen molar-refractivity contribution in [2.75, 3.05) is 6.54 Å². The summed E-state index contributed by atoms with van der Waals surface area (Å²) in [5.74, 6) is -2.73. The molecule has 0 saturated heterocycles. The topological polar surface area (TPSA) is 134 Å². The number of aryl methyl sites for hydroxylation is 1. The number of pyridine rings is 1. The lowest BCUT2D eigenvalue weighted by Gasteiger charge is -2.13. The minimum absolute atomic E-state index is 0.0890. The number of hydrogen-bond donors (Lipinski definition) is 3. The van der Waals surface area contributed by atoms with Gasteiger partial charge in [-0.3, -0.25) is 19.4 Å². The number of amides is 1. The third kappa shape index (κ3) is 5.13. The van der Waals surface area contributed by atoms with Gasteiger partial charge in [-0.15, -0.1) is 0 Å². The highest BCUT2D eigenvalue weighted by Crippen LogP contribution is 2.21. The molecule has 0 aliphatic heterocycles. The van der Waals surface area contributed by atoms with Crippen molar-refractivity contribution >= 4 is 11.9 Å². The highest BCUT2D eigenvalue weighted by molar-refractivity contribution is 5.98. The van der Waals surface area contributed by atoms with Crippen LogP contribution in [-0.2, 0) is 17.8 Å². The van der Waals surface area contributed by atoms with Crippen molar-refractivity contribution in [3.8, 4) is 16.9 Å². The zero-order valence-electron chi connectivity index (χ0n) is 16.9. The summed E-state index contributed by atoms with van der Waals surface area (Å²) in [5.41, 5.74) is 1.67. The van der Waals surface area contributed by atoms with Crippen molar-refractivity contribution in [1.29, 1.82) is 0 Å². The molecule has 160 valence electrons. The van der Waals surface area contributed by atoms with Crippen LogP contribution in [0.2, 0.25) is 0 Å². The molecule has 9 nitrogen and oxygen atoms in total. The van der Waals surface area contributed by atoms with Crippen LogP contribution >= 0.6 is 0 Å². The van der Waals surface area contributed by atoms with Crippen LogP contribution in [0, 0.1) is 0 Å². The van der Waals surface area contributed by atoms with Crippen molar-refractivity contribution in [3.05, 3.63) is 76.0 Å². The van der Waals surface area contributed by atoms with Crippen molar-refractivity contribution in [1.82, 2.24) is 20.1 Å². The zero-order valence-corrected chi connectivity index (χ0v) is 16.9. The van der Waals surface area contributed by atoms with E-state index in [0.717, 1.165) is 21.4 Å². The Balaban J connectivity index is 1.94. The average Bonchev–Trinajstić information content (AvgIpc) is 2.77. The summed E-state index contributed by atoms with van der Waals surface area (Å²) < 4.78 is 1.11. The second kappa shape index (κ2) is 9.66. The Labute approximate surface area is 178 Å². The van der Waals surface area contributed by atoms with Gasteiger partial charge >= 0.3 is 5.97 Å². The van der Waals surface area contributed by atoms with Gasteiger partial charge in [-0.1, -0.05) is 37.6 Å². The minimum atomic E-state index is -1.26. The largest absolute Gasteiger partial charge is 0.505 e. The summed E-state index contributed by atoms with van der Waals surface area (Å²) in [5, 5.41) is 25.5. The van der Waals surface area contributed by atoms with E-state index in [1.165, 1.54) is 0 Å². The summed E-state index contributed by atoms with van der Waals surface area (Å²) in [6, 6.07) is 11.3. The van der Waals surface area contributed by atoms with Crippen LogP contribution in [0.1, 0.15) is 35.0 Å². The predicted octanol–water partition coefficient (Wildman–Crippen LogP) is 1.83. The molecule has 0 aliphatic rings. The molecular weight excluding hydrogens is 400 g/mol. The van der Waals surface area contributed by atoms with E-state index in [2.05, 4.69) is 15.4 Å². The number of nitrogens with zero attached hydrogens (tertiary/aromatic N) is 3. The van der Waals surface area contributed by atoms with Crippen LogP contribution in [0.25, 0.3) is 11.1 Å². The molecule has 0 spiro atoms. The summed E-state index contributed by atoms with van der Waals surface area (Å²) >= 11 is 0. The molecule has 0 saturated carbocycles. The summed E-state index contributed by atoms with van der Waals surface area (Å²) in [6.07, 6.45) is 4.40. The van der Waals surface area contributed by atoms with Gasteiger partial charge in [-0.25, -0.2) is 4.68 Å². The highest BCUT2D eigenvalue weighted by atomic mass is 16.4. The van der Waals surface area contributed by atoms with E-state index in [1.54, 1.807) is 12.4 Å². The number of aromatic nitrogens is 3. The molecule has 0 radical (unpaired) electrons. The van der Waals surface area contributed by atoms with E-state index in [4.69, 9.17) is 5.11 Å². The number of carboxylic acids is 1. The maximum absolute atomic E-state index is 12.9. The number of rotatable bonds is 8. The summed E-state index contributed by atoms with van der Waals surface area (Å²) in [6.45, 7) is 1.30. The standard InChI is InChI=1S/C22H22N4O5/c1-2-3-17-20(29)19(21(30)24-12-18(27)28)22(31)26(25-17)13-14-4-6-15(7-5-14)16-8-10-23-11-9-16/h4-11,29H,2-3,12-13H2,1H3,(H,24,30)(H,27,28). The van der Waals surface area contributed by atoms with Gasteiger partial charge in [0.15, 0.2) is 5.75 Å². The van der Waals surface area contributed by atoms with Crippen LogP contribution in [0.4, 0.5) is 0 Å². The van der Waals surface area contributed by atoms with E-state index in [1.807, 2.05) is 43.3 Å². The van der Waals surface area contributed by atoms with E-state index in [-0.39, 0.29) is 12.2 Å². The molecule has 3 aromatic rings. The molecule has 3 rings (SSSR count). The van der Waals surface area contributed by atoms with Gasteiger partial charge in [-0.2, -0.15) is 5.10 Å². The van der Waals surface area contributed by atoms with Crippen molar-refractivity contribution in [2.45, 2.75) is 26.3 Å². The maximum atomic E-state index is 12.9. The Hall–Kier alpha value is -4.01. The van der Waals surface area contributed by atoms with Crippen molar-refractivity contribution < 1.29 is 19.8 Å². The van der Waals surface area contributed by atoms with Gasteiger partial charge in [-0.05, 0) is 35.2 Å². The first-order valence-electron chi connectivity index (χ1n) is 9.73. The number of nitrogens with one attached hydrogen (secondary N) is 1.